The van der Waals surface area contributed by atoms with Crippen molar-refractivity contribution in [2.24, 2.45) is 0 Å². The molecule has 5 aromatic rings. The van der Waals surface area contributed by atoms with Gasteiger partial charge in [0, 0.05) is 5.75 Å². The summed E-state index contributed by atoms with van der Waals surface area (Å²) in [6, 6.07) is 22.6. The van der Waals surface area contributed by atoms with E-state index in [-0.39, 0.29) is 11.4 Å². The lowest BCUT2D eigenvalue weighted by molar-refractivity contribution is 0.627. The predicted molar refractivity (Wildman–Crippen MR) is 118 cm³/mol. The Kier molecular flexibility index (Phi) is 5.05. The van der Waals surface area contributed by atoms with Gasteiger partial charge < -0.3 is 0 Å². The number of thioether (sulfide) groups is 1. The van der Waals surface area contributed by atoms with Crippen LogP contribution in [0.5, 0.6) is 0 Å². The van der Waals surface area contributed by atoms with Crippen LogP contribution in [0.3, 0.4) is 0 Å². The first kappa shape index (κ1) is 19.2. The molecule has 0 aliphatic carbocycles. The Labute approximate surface area is 181 Å². The molecule has 0 saturated carbocycles. The van der Waals surface area contributed by atoms with E-state index in [9.17, 15) is 9.18 Å². The molecule has 0 atom stereocenters. The van der Waals surface area contributed by atoms with Gasteiger partial charge in [0.1, 0.15) is 5.82 Å². The average Bonchev–Trinajstić information content (AvgIpc) is 3.28. The number of aromatic nitrogens is 5. The lowest BCUT2D eigenvalue weighted by atomic mass is 10.2. The number of hydrogen-bond acceptors (Lipinski definition) is 5. The molecule has 2 heterocycles. The lowest BCUT2D eigenvalue weighted by Gasteiger charge is -2.12. The van der Waals surface area contributed by atoms with Gasteiger partial charge in [0.2, 0.25) is 0 Å². The third kappa shape index (κ3) is 3.85. The van der Waals surface area contributed by atoms with Gasteiger partial charge in [-0.25, -0.2) is 9.37 Å². The second-order valence-corrected chi connectivity index (χ2v) is 7.72. The van der Waals surface area contributed by atoms with Crippen molar-refractivity contribution in [2.75, 3.05) is 0 Å². The number of rotatable bonds is 5. The Morgan fingerprint density at radius 2 is 1.61 bits per heavy atom. The molecule has 0 fully saturated rings. The maximum absolute atomic E-state index is 13.4. The molecule has 6 nitrogen and oxygen atoms in total. The van der Waals surface area contributed by atoms with Crippen LogP contribution in [-0.2, 0) is 5.75 Å². The van der Waals surface area contributed by atoms with Gasteiger partial charge in [-0.05, 0) is 48.5 Å². The highest BCUT2D eigenvalue weighted by Gasteiger charge is 2.14. The minimum absolute atomic E-state index is 0.201. The Bertz CT molecular complexity index is 1410. The Hall–Kier alpha value is -3.78. The summed E-state index contributed by atoms with van der Waals surface area (Å²) in [5.74, 6) is 0.107. The summed E-state index contributed by atoms with van der Waals surface area (Å²) < 4.78 is 15.0. The molecule has 0 bridgehead atoms. The highest BCUT2D eigenvalue weighted by molar-refractivity contribution is 7.98. The zero-order valence-electron chi connectivity index (χ0n) is 16.2. The molecule has 31 heavy (non-hydrogen) atoms. The van der Waals surface area contributed by atoms with Gasteiger partial charge in [0.25, 0.3) is 5.56 Å². The fourth-order valence-corrected chi connectivity index (χ4v) is 4.10. The molecule has 0 N–H and O–H groups in total. The minimum atomic E-state index is -0.364. The van der Waals surface area contributed by atoms with Gasteiger partial charge in [0.15, 0.2) is 5.16 Å². The Morgan fingerprint density at radius 3 is 2.42 bits per heavy atom. The molecule has 3 aromatic carbocycles. The minimum Gasteiger partial charge on any atom is -0.268 e. The fourth-order valence-electron chi connectivity index (χ4n) is 3.21. The van der Waals surface area contributed by atoms with Crippen LogP contribution in [0.15, 0.2) is 95.0 Å². The molecule has 0 spiro atoms. The number of fused-ring (bicyclic) bond motifs is 1. The number of para-hydroxylation sites is 2. The van der Waals surface area contributed by atoms with Crippen LogP contribution in [-0.4, -0.2) is 24.5 Å². The molecule has 0 radical (unpaired) electrons. The number of benzene rings is 3. The first-order valence-electron chi connectivity index (χ1n) is 9.56. The third-order valence-electron chi connectivity index (χ3n) is 4.71. The molecule has 0 aliphatic rings. The normalized spacial score (nSPS) is 11.1. The summed E-state index contributed by atoms with van der Waals surface area (Å²) in [5.41, 5.74) is 2.58. The lowest BCUT2D eigenvalue weighted by Crippen LogP contribution is -2.21. The molecule has 0 unspecified atom stereocenters. The van der Waals surface area contributed by atoms with Crippen molar-refractivity contribution < 1.29 is 4.39 Å². The van der Waals surface area contributed by atoms with E-state index in [0.29, 0.717) is 27.5 Å². The van der Waals surface area contributed by atoms with E-state index < -0.39 is 0 Å². The van der Waals surface area contributed by atoms with Crippen LogP contribution in [0.25, 0.3) is 22.3 Å². The van der Waals surface area contributed by atoms with Crippen molar-refractivity contribution in [3.05, 3.63) is 107 Å². The SMILES string of the molecule is O=c1c2ccccc2nc(SCc2cnn(-c3ccccc3)n2)n1-c1ccc(F)cc1. The summed E-state index contributed by atoms with van der Waals surface area (Å²) in [6.45, 7) is 0. The second kappa shape index (κ2) is 8.16. The van der Waals surface area contributed by atoms with Crippen LogP contribution in [0.2, 0.25) is 0 Å². The second-order valence-electron chi connectivity index (χ2n) is 6.78. The highest BCUT2D eigenvalue weighted by Crippen LogP contribution is 2.24. The fraction of sp³-hybridized carbons (Fsp3) is 0.0435. The first-order valence-corrected chi connectivity index (χ1v) is 10.5. The zero-order chi connectivity index (χ0) is 21.2. The summed E-state index contributed by atoms with van der Waals surface area (Å²) in [7, 11) is 0. The van der Waals surface area contributed by atoms with Gasteiger partial charge in [-0.1, -0.05) is 42.1 Å². The summed E-state index contributed by atoms with van der Waals surface area (Å²) in [4.78, 5) is 19.5. The van der Waals surface area contributed by atoms with E-state index in [1.54, 1.807) is 35.3 Å². The van der Waals surface area contributed by atoms with Crippen molar-refractivity contribution in [2.45, 2.75) is 10.9 Å². The van der Waals surface area contributed by atoms with Gasteiger partial charge >= 0.3 is 0 Å². The summed E-state index contributed by atoms with van der Waals surface area (Å²) >= 11 is 1.38. The number of nitrogens with zero attached hydrogens (tertiary/aromatic N) is 5. The van der Waals surface area contributed by atoms with Crippen LogP contribution in [0.1, 0.15) is 5.69 Å². The molecule has 2 aromatic heterocycles. The number of halogens is 1. The van der Waals surface area contributed by atoms with Crippen LogP contribution in [0.4, 0.5) is 4.39 Å². The van der Waals surface area contributed by atoms with Crippen LogP contribution >= 0.6 is 11.8 Å². The maximum atomic E-state index is 13.4. The smallest absolute Gasteiger partial charge is 0.266 e. The molecule has 5 rings (SSSR count). The molecule has 8 heteroatoms. The van der Waals surface area contributed by atoms with E-state index in [0.717, 1.165) is 11.4 Å². The van der Waals surface area contributed by atoms with Gasteiger partial charge in [-0.15, -0.1) is 0 Å². The topological polar surface area (TPSA) is 65.6 Å². The molecule has 152 valence electrons. The van der Waals surface area contributed by atoms with Gasteiger partial charge in [0.05, 0.1) is 34.2 Å². The van der Waals surface area contributed by atoms with E-state index in [2.05, 4.69) is 10.2 Å². The third-order valence-corrected chi connectivity index (χ3v) is 5.68. The predicted octanol–water partition coefficient (Wildman–Crippen LogP) is 4.40. The van der Waals surface area contributed by atoms with Crippen LogP contribution < -0.4 is 5.56 Å². The molecule has 0 aliphatic heterocycles. The zero-order valence-corrected chi connectivity index (χ0v) is 17.0. The average molecular weight is 429 g/mol. The van der Waals surface area contributed by atoms with E-state index in [1.807, 2.05) is 42.5 Å². The maximum Gasteiger partial charge on any atom is 0.266 e. The molecular weight excluding hydrogens is 413 g/mol. The van der Waals surface area contributed by atoms with E-state index >= 15 is 0 Å². The molecule has 0 amide bonds. The highest BCUT2D eigenvalue weighted by atomic mass is 32.2. The quantitative estimate of drug-likeness (QED) is 0.306. The largest absolute Gasteiger partial charge is 0.268 e. The Morgan fingerprint density at radius 1 is 0.871 bits per heavy atom. The monoisotopic (exact) mass is 429 g/mol. The molecular formula is C23H16FN5OS. The van der Waals surface area contributed by atoms with Crippen molar-refractivity contribution in [1.29, 1.82) is 0 Å². The van der Waals surface area contributed by atoms with Crippen molar-refractivity contribution in [1.82, 2.24) is 24.5 Å². The standard InChI is InChI=1S/C23H16FN5OS/c24-16-10-12-18(13-11-16)28-22(30)20-8-4-5-9-21(20)26-23(28)31-15-17-14-25-29(27-17)19-6-2-1-3-7-19/h1-14H,15H2. The molecule has 0 saturated heterocycles. The summed E-state index contributed by atoms with van der Waals surface area (Å²) in [5, 5.41) is 9.84. The van der Waals surface area contributed by atoms with Crippen LogP contribution in [0, 0.1) is 5.82 Å². The van der Waals surface area contributed by atoms with Gasteiger partial charge in [-0.3, -0.25) is 9.36 Å². The van der Waals surface area contributed by atoms with Gasteiger partial charge in [-0.2, -0.15) is 15.0 Å². The first-order chi connectivity index (χ1) is 15.2. The number of hydrogen-bond donors (Lipinski definition) is 0. The summed E-state index contributed by atoms with van der Waals surface area (Å²) in [6.07, 6.45) is 1.70. The van der Waals surface area contributed by atoms with E-state index in [1.165, 1.54) is 28.5 Å². The van der Waals surface area contributed by atoms with Crippen molar-refractivity contribution in [3.8, 4) is 11.4 Å². The van der Waals surface area contributed by atoms with Crippen molar-refractivity contribution in [3.63, 3.8) is 0 Å². The Balaban J connectivity index is 1.52. The van der Waals surface area contributed by atoms with Crippen molar-refractivity contribution >= 4 is 22.7 Å². The van der Waals surface area contributed by atoms with E-state index in [4.69, 9.17) is 4.98 Å².